The van der Waals surface area contributed by atoms with Crippen LogP contribution in [0.25, 0.3) is 0 Å². The highest BCUT2D eigenvalue weighted by molar-refractivity contribution is 5.93. The Kier molecular flexibility index (Phi) is 7.46. The number of ether oxygens (including phenoxy) is 1. The number of para-hydroxylation sites is 1. The quantitative estimate of drug-likeness (QED) is 0.746. The highest BCUT2D eigenvalue weighted by Gasteiger charge is 2.15. The first-order valence-electron chi connectivity index (χ1n) is 7.30. The minimum absolute atomic E-state index is 0.123. The molecule has 116 valence electrons. The third-order valence-corrected chi connectivity index (χ3v) is 2.98. The first-order valence-corrected chi connectivity index (χ1v) is 7.30. The van der Waals surface area contributed by atoms with Crippen LogP contribution < -0.4 is 5.32 Å². The lowest BCUT2D eigenvalue weighted by Gasteiger charge is -2.20. The van der Waals surface area contributed by atoms with Gasteiger partial charge in [0.15, 0.2) is 0 Å². The van der Waals surface area contributed by atoms with Gasteiger partial charge in [-0.15, -0.1) is 0 Å². The molecule has 1 rings (SSSR count). The lowest BCUT2D eigenvalue weighted by atomic mass is 10.2. The topological polar surface area (TPSA) is 58.6 Å². The molecule has 0 radical (unpaired) electrons. The monoisotopic (exact) mass is 292 g/mol. The molecule has 5 nitrogen and oxygen atoms in total. The van der Waals surface area contributed by atoms with Gasteiger partial charge >= 0.3 is 5.97 Å². The van der Waals surface area contributed by atoms with Crippen LogP contribution in [0.4, 0.5) is 5.69 Å². The van der Waals surface area contributed by atoms with Crippen molar-refractivity contribution in [3.63, 3.8) is 0 Å². The van der Waals surface area contributed by atoms with Gasteiger partial charge in [-0.2, -0.15) is 0 Å². The highest BCUT2D eigenvalue weighted by Crippen LogP contribution is 2.12. The van der Waals surface area contributed by atoms with Crippen molar-refractivity contribution in [1.29, 1.82) is 0 Å². The second kappa shape index (κ2) is 9.13. The third kappa shape index (κ3) is 6.40. The number of nitrogens with one attached hydrogen (secondary N) is 1. The molecule has 0 aliphatic heterocycles. The number of esters is 1. The SMILES string of the molecule is CCCN(CC(=O)Nc1ccccc1C)CC(=O)OCC. The summed E-state index contributed by atoms with van der Waals surface area (Å²) < 4.78 is 4.93. The van der Waals surface area contributed by atoms with Crippen molar-refractivity contribution in [1.82, 2.24) is 4.90 Å². The molecule has 0 fully saturated rings. The molecule has 0 aromatic heterocycles. The van der Waals surface area contributed by atoms with Gasteiger partial charge in [0.05, 0.1) is 19.7 Å². The van der Waals surface area contributed by atoms with Gasteiger partial charge in [-0.25, -0.2) is 0 Å². The van der Waals surface area contributed by atoms with Crippen LogP contribution in [0.5, 0.6) is 0 Å². The van der Waals surface area contributed by atoms with Crippen molar-refractivity contribution in [2.45, 2.75) is 27.2 Å². The number of carbonyl (C=O) groups excluding carboxylic acids is 2. The number of nitrogens with zero attached hydrogens (tertiary/aromatic N) is 1. The number of rotatable bonds is 8. The van der Waals surface area contributed by atoms with Crippen LogP contribution in [-0.4, -0.2) is 43.0 Å². The smallest absolute Gasteiger partial charge is 0.320 e. The number of hydrogen-bond acceptors (Lipinski definition) is 4. The zero-order valence-corrected chi connectivity index (χ0v) is 13.0. The first kappa shape index (κ1) is 17.2. The van der Waals surface area contributed by atoms with E-state index in [1.54, 1.807) is 11.8 Å². The Balaban J connectivity index is 2.56. The Morgan fingerprint density at radius 1 is 1.19 bits per heavy atom. The lowest BCUT2D eigenvalue weighted by Crippen LogP contribution is -2.38. The molecule has 1 aromatic carbocycles. The van der Waals surface area contributed by atoms with E-state index in [1.165, 1.54) is 0 Å². The van der Waals surface area contributed by atoms with Gasteiger partial charge in [-0.05, 0) is 38.4 Å². The fraction of sp³-hybridized carbons (Fsp3) is 0.500. The molecular weight excluding hydrogens is 268 g/mol. The molecule has 0 spiro atoms. The summed E-state index contributed by atoms with van der Waals surface area (Å²) >= 11 is 0. The van der Waals surface area contributed by atoms with Crippen molar-refractivity contribution >= 4 is 17.6 Å². The second-order valence-electron chi connectivity index (χ2n) is 4.88. The van der Waals surface area contributed by atoms with Crippen LogP contribution in [0.3, 0.4) is 0 Å². The maximum absolute atomic E-state index is 12.1. The molecule has 0 saturated carbocycles. The summed E-state index contributed by atoms with van der Waals surface area (Å²) in [4.78, 5) is 25.4. The molecule has 0 unspecified atom stereocenters. The van der Waals surface area contributed by atoms with E-state index in [4.69, 9.17) is 4.74 Å². The summed E-state index contributed by atoms with van der Waals surface area (Å²) in [6.07, 6.45) is 0.872. The number of anilines is 1. The zero-order valence-electron chi connectivity index (χ0n) is 13.0. The van der Waals surface area contributed by atoms with Gasteiger partial charge in [0.2, 0.25) is 5.91 Å². The molecule has 0 saturated heterocycles. The Morgan fingerprint density at radius 2 is 1.90 bits per heavy atom. The molecule has 0 atom stereocenters. The molecule has 21 heavy (non-hydrogen) atoms. The van der Waals surface area contributed by atoms with E-state index in [9.17, 15) is 9.59 Å². The van der Waals surface area contributed by atoms with Crippen molar-refractivity contribution in [3.8, 4) is 0 Å². The lowest BCUT2D eigenvalue weighted by molar-refractivity contribution is -0.144. The van der Waals surface area contributed by atoms with Gasteiger partial charge in [-0.1, -0.05) is 25.1 Å². The van der Waals surface area contributed by atoms with Crippen LogP contribution in [0, 0.1) is 6.92 Å². The predicted octanol–water partition coefficient (Wildman–Crippen LogP) is 2.21. The minimum Gasteiger partial charge on any atom is -0.465 e. The summed E-state index contributed by atoms with van der Waals surface area (Å²) in [6, 6.07) is 7.61. The van der Waals surface area contributed by atoms with E-state index in [-0.39, 0.29) is 25.0 Å². The van der Waals surface area contributed by atoms with Gasteiger partial charge in [0, 0.05) is 5.69 Å². The van der Waals surface area contributed by atoms with Gasteiger partial charge in [0.25, 0.3) is 0 Å². The van der Waals surface area contributed by atoms with Crippen LogP contribution in [0.1, 0.15) is 25.8 Å². The predicted molar refractivity (Wildman–Crippen MR) is 83.2 cm³/mol. The Labute approximate surface area is 126 Å². The maximum atomic E-state index is 12.1. The molecule has 0 aliphatic rings. The molecule has 0 aliphatic carbocycles. The van der Waals surface area contributed by atoms with E-state index in [0.717, 1.165) is 17.7 Å². The van der Waals surface area contributed by atoms with Crippen molar-refractivity contribution in [2.75, 3.05) is 31.6 Å². The number of carbonyl (C=O) groups is 2. The summed E-state index contributed by atoms with van der Waals surface area (Å²) in [6.45, 7) is 7.08. The first-order chi connectivity index (χ1) is 10.1. The molecule has 0 bridgehead atoms. The van der Waals surface area contributed by atoms with Crippen molar-refractivity contribution in [2.24, 2.45) is 0 Å². The average Bonchev–Trinajstić information content (AvgIpc) is 2.41. The van der Waals surface area contributed by atoms with Crippen LogP contribution >= 0.6 is 0 Å². The summed E-state index contributed by atoms with van der Waals surface area (Å²) in [5.41, 5.74) is 1.81. The fourth-order valence-corrected chi connectivity index (χ4v) is 2.03. The normalized spacial score (nSPS) is 10.5. The van der Waals surface area contributed by atoms with E-state index in [1.807, 2.05) is 38.1 Å². The average molecular weight is 292 g/mol. The zero-order chi connectivity index (χ0) is 15.7. The van der Waals surface area contributed by atoms with Crippen molar-refractivity contribution in [3.05, 3.63) is 29.8 Å². The Bertz CT molecular complexity index is 474. The number of aryl methyl sites for hydroxylation is 1. The second-order valence-corrected chi connectivity index (χ2v) is 4.88. The Hall–Kier alpha value is -1.88. The number of benzene rings is 1. The van der Waals surface area contributed by atoms with Gasteiger partial charge < -0.3 is 10.1 Å². The van der Waals surface area contributed by atoms with E-state index in [0.29, 0.717) is 13.2 Å². The molecule has 0 heterocycles. The summed E-state index contributed by atoms with van der Waals surface area (Å²) in [7, 11) is 0. The number of amides is 1. The third-order valence-electron chi connectivity index (χ3n) is 2.98. The molecular formula is C16H24N2O3. The largest absolute Gasteiger partial charge is 0.465 e. The summed E-state index contributed by atoms with van der Waals surface area (Å²) in [5, 5.41) is 2.87. The standard InChI is InChI=1S/C16H24N2O3/c1-4-10-18(12-16(20)21-5-2)11-15(19)17-14-9-7-6-8-13(14)3/h6-9H,4-5,10-12H2,1-3H3,(H,17,19). The highest BCUT2D eigenvalue weighted by atomic mass is 16.5. The molecule has 5 heteroatoms. The van der Waals surface area contributed by atoms with Gasteiger partial charge in [-0.3, -0.25) is 14.5 Å². The number of hydrogen-bond donors (Lipinski definition) is 1. The van der Waals surface area contributed by atoms with E-state index < -0.39 is 0 Å². The molecule has 1 N–H and O–H groups in total. The maximum Gasteiger partial charge on any atom is 0.320 e. The van der Waals surface area contributed by atoms with Crippen LogP contribution in [0.15, 0.2) is 24.3 Å². The van der Waals surface area contributed by atoms with Crippen LogP contribution in [-0.2, 0) is 14.3 Å². The molecule has 1 amide bonds. The van der Waals surface area contributed by atoms with Gasteiger partial charge in [0.1, 0.15) is 0 Å². The fourth-order valence-electron chi connectivity index (χ4n) is 2.03. The van der Waals surface area contributed by atoms with Crippen molar-refractivity contribution < 1.29 is 14.3 Å². The molecule has 1 aromatic rings. The minimum atomic E-state index is -0.297. The van der Waals surface area contributed by atoms with Crippen LogP contribution in [0.2, 0.25) is 0 Å². The van der Waals surface area contributed by atoms with E-state index in [2.05, 4.69) is 5.32 Å². The Morgan fingerprint density at radius 3 is 2.52 bits per heavy atom. The summed E-state index contributed by atoms with van der Waals surface area (Å²) in [5.74, 6) is -0.420. The van der Waals surface area contributed by atoms with E-state index >= 15 is 0 Å².